The van der Waals surface area contributed by atoms with Crippen molar-refractivity contribution in [3.8, 4) is 0 Å². The lowest BCUT2D eigenvalue weighted by Gasteiger charge is -2.35. The molecule has 1 heterocycles. The molecule has 1 fully saturated rings. The van der Waals surface area contributed by atoms with Gasteiger partial charge in [-0.15, -0.1) is 0 Å². The molecule has 1 aromatic carbocycles. The maximum absolute atomic E-state index is 12.6. The molecule has 20 heavy (non-hydrogen) atoms. The summed E-state index contributed by atoms with van der Waals surface area (Å²) in [6, 6.07) is 5.19. The van der Waals surface area contributed by atoms with Crippen LogP contribution in [0.3, 0.4) is 0 Å². The number of benzene rings is 1. The summed E-state index contributed by atoms with van der Waals surface area (Å²) in [4.78, 5) is 0.330. The van der Waals surface area contributed by atoms with Gasteiger partial charge in [-0.1, -0.05) is 12.1 Å². The van der Waals surface area contributed by atoms with Crippen LogP contribution < -0.4 is 5.73 Å². The molecule has 0 aliphatic carbocycles. The third-order valence-corrected chi connectivity index (χ3v) is 5.95. The van der Waals surface area contributed by atoms with E-state index >= 15 is 0 Å². The summed E-state index contributed by atoms with van der Waals surface area (Å²) < 4.78 is 26.7. The minimum atomic E-state index is -3.49. The normalized spacial score (nSPS) is 20.0. The zero-order valence-electron chi connectivity index (χ0n) is 12.0. The molecule has 3 N–H and O–H groups in total. The lowest BCUT2D eigenvalue weighted by atomic mass is 9.95. The van der Waals surface area contributed by atoms with Crippen molar-refractivity contribution in [2.45, 2.75) is 43.7 Å². The first kappa shape index (κ1) is 15.4. The molecule has 0 aromatic heterocycles. The fourth-order valence-electron chi connectivity index (χ4n) is 2.48. The van der Waals surface area contributed by atoms with Crippen molar-refractivity contribution in [1.82, 2.24) is 4.31 Å². The first-order chi connectivity index (χ1) is 9.26. The molecular weight excluding hydrogens is 276 g/mol. The molecule has 2 rings (SSSR count). The fraction of sp³-hybridized carbons (Fsp3) is 0.571. The second-order valence-corrected chi connectivity index (χ2v) is 7.61. The highest BCUT2D eigenvalue weighted by Gasteiger charge is 2.34. The van der Waals surface area contributed by atoms with Crippen LogP contribution in [0.2, 0.25) is 0 Å². The third-order valence-electron chi connectivity index (χ3n) is 3.89. The number of rotatable bonds is 3. The largest absolute Gasteiger partial charge is 0.390 e. The van der Waals surface area contributed by atoms with Crippen LogP contribution in [0.5, 0.6) is 0 Å². The minimum Gasteiger partial charge on any atom is -0.390 e. The van der Waals surface area contributed by atoms with Crippen LogP contribution in [-0.4, -0.2) is 36.5 Å². The third kappa shape index (κ3) is 3.03. The Labute approximate surface area is 120 Å². The molecule has 6 heteroatoms. The highest BCUT2D eigenvalue weighted by atomic mass is 32.2. The van der Waals surface area contributed by atoms with Crippen LogP contribution in [0, 0.1) is 6.92 Å². The van der Waals surface area contributed by atoms with Crippen LogP contribution in [0.15, 0.2) is 23.1 Å². The van der Waals surface area contributed by atoms with Gasteiger partial charge in [0, 0.05) is 19.6 Å². The molecule has 0 radical (unpaired) electrons. The van der Waals surface area contributed by atoms with Crippen molar-refractivity contribution < 1.29 is 13.5 Å². The van der Waals surface area contributed by atoms with E-state index < -0.39 is 15.6 Å². The van der Waals surface area contributed by atoms with E-state index in [1.807, 2.05) is 6.07 Å². The number of hydrogen-bond acceptors (Lipinski definition) is 4. The topological polar surface area (TPSA) is 83.6 Å². The Hall–Kier alpha value is -0.950. The number of aryl methyl sites for hydroxylation is 1. The van der Waals surface area contributed by atoms with E-state index in [0.717, 1.165) is 5.56 Å². The highest BCUT2D eigenvalue weighted by molar-refractivity contribution is 7.89. The molecule has 112 valence electrons. The van der Waals surface area contributed by atoms with Gasteiger partial charge < -0.3 is 10.8 Å². The van der Waals surface area contributed by atoms with Gasteiger partial charge in [0.1, 0.15) is 0 Å². The van der Waals surface area contributed by atoms with Gasteiger partial charge in [-0.3, -0.25) is 0 Å². The summed E-state index contributed by atoms with van der Waals surface area (Å²) in [5.74, 6) is 0. The maximum Gasteiger partial charge on any atom is 0.243 e. The first-order valence-corrected chi connectivity index (χ1v) is 8.22. The van der Waals surface area contributed by atoms with Crippen molar-refractivity contribution in [1.29, 1.82) is 0 Å². The Morgan fingerprint density at radius 2 is 1.95 bits per heavy atom. The van der Waals surface area contributed by atoms with Crippen molar-refractivity contribution in [3.63, 3.8) is 0 Å². The first-order valence-electron chi connectivity index (χ1n) is 6.78. The predicted molar refractivity (Wildman–Crippen MR) is 77.7 cm³/mol. The van der Waals surface area contributed by atoms with Crippen molar-refractivity contribution >= 4 is 10.0 Å². The molecule has 0 amide bonds. The van der Waals surface area contributed by atoms with Gasteiger partial charge in [0.2, 0.25) is 10.0 Å². The average molecular weight is 298 g/mol. The Bertz CT molecular complexity index is 586. The van der Waals surface area contributed by atoms with Gasteiger partial charge in [0.15, 0.2) is 0 Å². The Balaban J connectivity index is 2.27. The van der Waals surface area contributed by atoms with Gasteiger partial charge in [0.25, 0.3) is 0 Å². The van der Waals surface area contributed by atoms with E-state index in [0.29, 0.717) is 42.9 Å². The minimum absolute atomic E-state index is 0.330. The second-order valence-electron chi connectivity index (χ2n) is 5.71. The summed E-state index contributed by atoms with van der Waals surface area (Å²) >= 11 is 0. The fourth-order valence-corrected chi connectivity index (χ4v) is 4.12. The molecule has 1 aliphatic heterocycles. The zero-order valence-corrected chi connectivity index (χ0v) is 12.8. The number of piperidine rings is 1. The highest BCUT2D eigenvalue weighted by Crippen LogP contribution is 2.27. The van der Waals surface area contributed by atoms with Gasteiger partial charge in [0.05, 0.1) is 10.5 Å². The summed E-state index contributed by atoms with van der Waals surface area (Å²) in [5.41, 5.74) is 6.44. The average Bonchev–Trinajstić information content (AvgIpc) is 2.37. The maximum atomic E-state index is 12.6. The van der Waals surface area contributed by atoms with Crippen LogP contribution >= 0.6 is 0 Å². The SMILES string of the molecule is Cc1cc(CN)ccc1S(=O)(=O)N1CCC(C)(O)CC1. The Kier molecular flexibility index (Phi) is 4.20. The Morgan fingerprint density at radius 3 is 2.45 bits per heavy atom. The van der Waals surface area contributed by atoms with E-state index in [-0.39, 0.29) is 0 Å². The summed E-state index contributed by atoms with van der Waals surface area (Å²) in [7, 11) is -3.49. The van der Waals surface area contributed by atoms with Crippen LogP contribution in [0.25, 0.3) is 0 Å². The molecule has 0 atom stereocenters. The molecular formula is C14H22N2O3S. The van der Waals surface area contributed by atoms with Crippen LogP contribution in [0.4, 0.5) is 0 Å². The number of sulfonamides is 1. The lowest BCUT2D eigenvalue weighted by Crippen LogP contribution is -2.45. The van der Waals surface area contributed by atoms with Gasteiger partial charge in [-0.2, -0.15) is 4.31 Å². The summed E-state index contributed by atoms with van der Waals surface area (Å²) in [6.07, 6.45) is 0.929. The molecule has 1 aliphatic rings. The molecule has 0 spiro atoms. The summed E-state index contributed by atoms with van der Waals surface area (Å²) in [5, 5.41) is 9.92. The lowest BCUT2D eigenvalue weighted by molar-refractivity contribution is 0.0126. The number of hydrogen-bond donors (Lipinski definition) is 2. The summed E-state index contributed by atoms with van der Waals surface area (Å²) in [6.45, 7) is 4.64. The smallest absolute Gasteiger partial charge is 0.243 e. The van der Waals surface area contributed by atoms with Crippen molar-refractivity contribution in [3.05, 3.63) is 29.3 Å². The number of nitrogens with zero attached hydrogens (tertiary/aromatic N) is 1. The molecule has 1 aromatic rings. The van der Waals surface area contributed by atoms with Crippen molar-refractivity contribution in [2.75, 3.05) is 13.1 Å². The van der Waals surface area contributed by atoms with E-state index in [1.54, 1.807) is 26.0 Å². The van der Waals surface area contributed by atoms with Crippen LogP contribution in [-0.2, 0) is 16.6 Å². The van der Waals surface area contributed by atoms with Gasteiger partial charge in [-0.05, 0) is 43.9 Å². The van der Waals surface area contributed by atoms with E-state index in [2.05, 4.69) is 0 Å². The van der Waals surface area contributed by atoms with E-state index in [4.69, 9.17) is 5.73 Å². The molecule has 0 saturated carbocycles. The predicted octanol–water partition coefficient (Wildman–Crippen LogP) is 0.989. The monoisotopic (exact) mass is 298 g/mol. The quantitative estimate of drug-likeness (QED) is 0.871. The van der Waals surface area contributed by atoms with Crippen molar-refractivity contribution in [2.24, 2.45) is 5.73 Å². The molecule has 5 nitrogen and oxygen atoms in total. The number of aliphatic hydroxyl groups is 1. The number of nitrogens with two attached hydrogens (primary N) is 1. The molecule has 0 unspecified atom stereocenters. The van der Waals surface area contributed by atoms with Gasteiger partial charge in [-0.25, -0.2) is 8.42 Å². The van der Waals surface area contributed by atoms with Crippen LogP contribution in [0.1, 0.15) is 30.9 Å². The van der Waals surface area contributed by atoms with E-state index in [9.17, 15) is 13.5 Å². The Morgan fingerprint density at radius 1 is 1.35 bits per heavy atom. The molecule has 0 bridgehead atoms. The molecule has 1 saturated heterocycles. The van der Waals surface area contributed by atoms with Gasteiger partial charge >= 0.3 is 0 Å². The zero-order chi connectivity index (χ0) is 15.0. The standard InChI is InChI=1S/C14H22N2O3S/c1-11-9-12(10-15)3-4-13(11)20(18,19)16-7-5-14(2,17)6-8-16/h3-4,9,17H,5-8,10,15H2,1-2H3. The second kappa shape index (κ2) is 5.44. The van der Waals surface area contributed by atoms with E-state index in [1.165, 1.54) is 4.31 Å².